The lowest BCUT2D eigenvalue weighted by Crippen LogP contribution is -2.20. The Labute approximate surface area is 151 Å². The molecule has 4 rings (SSSR count). The molecular formula is C20H21N3OS. The van der Waals surface area contributed by atoms with E-state index in [-0.39, 0.29) is 11.8 Å². The number of nitrogens with one attached hydrogen (secondary N) is 1. The predicted molar refractivity (Wildman–Crippen MR) is 103 cm³/mol. The van der Waals surface area contributed by atoms with E-state index in [1.54, 1.807) is 11.3 Å². The van der Waals surface area contributed by atoms with Crippen molar-refractivity contribution < 1.29 is 4.79 Å². The normalized spacial score (nSPS) is 15.0. The zero-order valence-electron chi connectivity index (χ0n) is 14.5. The maximum absolute atomic E-state index is 12.4. The third kappa shape index (κ3) is 3.16. The van der Waals surface area contributed by atoms with Crippen molar-refractivity contribution in [3.05, 3.63) is 41.0 Å². The van der Waals surface area contributed by atoms with Gasteiger partial charge in [-0.25, -0.2) is 9.97 Å². The first kappa shape index (κ1) is 16.2. The molecule has 0 spiro atoms. The van der Waals surface area contributed by atoms with Crippen LogP contribution in [0.1, 0.15) is 36.9 Å². The summed E-state index contributed by atoms with van der Waals surface area (Å²) >= 11 is 1.61. The molecule has 1 aliphatic rings. The maximum Gasteiger partial charge on any atom is 0.227 e. The van der Waals surface area contributed by atoms with Crippen LogP contribution in [0.2, 0.25) is 0 Å². The fourth-order valence-electron chi connectivity index (χ4n) is 3.58. The number of hydrogen-bond donors (Lipinski definition) is 1. The van der Waals surface area contributed by atoms with Crippen LogP contribution in [0.3, 0.4) is 0 Å². The van der Waals surface area contributed by atoms with E-state index in [1.165, 1.54) is 5.56 Å². The number of carbonyl (C=O) groups excluding carboxylic acids is 1. The molecule has 1 fully saturated rings. The first-order valence-corrected chi connectivity index (χ1v) is 9.62. The fourth-order valence-corrected chi connectivity index (χ4v) is 4.34. The van der Waals surface area contributed by atoms with Crippen LogP contribution in [0, 0.1) is 19.8 Å². The molecular weight excluding hydrogens is 330 g/mol. The van der Waals surface area contributed by atoms with Gasteiger partial charge in [0.15, 0.2) is 0 Å². The Hall–Kier alpha value is -2.27. The SMILES string of the molecule is Cc1ncsc1-c1cc(C)c2ccc(NC(=O)C3CCCC3)cc2n1. The van der Waals surface area contributed by atoms with Gasteiger partial charge in [0.1, 0.15) is 0 Å². The van der Waals surface area contributed by atoms with E-state index in [9.17, 15) is 4.79 Å². The number of anilines is 1. The zero-order chi connectivity index (χ0) is 17.4. The molecule has 1 aliphatic carbocycles. The molecule has 4 nitrogen and oxygen atoms in total. The van der Waals surface area contributed by atoms with E-state index in [0.717, 1.165) is 58.5 Å². The van der Waals surface area contributed by atoms with Crippen molar-refractivity contribution in [2.75, 3.05) is 5.32 Å². The quantitative estimate of drug-likeness (QED) is 0.714. The van der Waals surface area contributed by atoms with Gasteiger partial charge in [0.25, 0.3) is 0 Å². The molecule has 128 valence electrons. The van der Waals surface area contributed by atoms with Crippen molar-refractivity contribution in [3.8, 4) is 10.6 Å². The molecule has 1 saturated carbocycles. The summed E-state index contributed by atoms with van der Waals surface area (Å²) in [5.74, 6) is 0.305. The highest BCUT2D eigenvalue weighted by Gasteiger charge is 2.22. The predicted octanol–water partition coefficient (Wildman–Crippen LogP) is 5.10. The number of hydrogen-bond acceptors (Lipinski definition) is 4. The molecule has 0 atom stereocenters. The highest BCUT2D eigenvalue weighted by molar-refractivity contribution is 7.13. The molecule has 25 heavy (non-hydrogen) atoms. The Kier molecular flexibility index (Phi) is 4.25. The van der Waals surface area contributed by atoms with E-state index in [4.69, 9.17) is 4.98 Å². The van der Waals surface area contributed by atoms with Crippen LogP contribution in [0.5, 0.6) is 0 Å². The second kappa shape index (κ2) is 6.56. The Bertz CT molecular complexity index is 941. The van der Waals surface area contributed by atoms with Gasteiger partial charge in [-0.1, -0.05) is 18.9 Å². The summed E-state index contributed by atoms with van der Waals surface area (Å²) in [6, 6.07) is 8.11. The lowest BCUT2D eigenvalue weighted by Gasteiger charge is -2.12. The summed E-state index contributed by atoms with van der Waals surface area (Å²) in [5.41, 5.74) is 6.72. The fraction of sp³-hybridized carbons (Fsp3) is 0.350. The number of rotatable bonds is 3. The van der Waals surface area contributed by atoms with Gasteiger partial charge in [0.05, 0.1) is 27.3 Å². The average Bonchev–Trinajstić information content (AvgIpc) is 3.26. The number of fused-ring (bicyclic) bond motifs is 1. The van der Waals surface area contributed by atoms with Gasteiger partial charge in [0.2, 0.25) is 5.91 Å². The lowest BCUT2D eigenvalue weighted by molar-refractivity contribution is -0.119. The number of aryl methyl sites for hydroxylation is 2. The van der Waals surface area contributed by atoms with Gasteiger partial charge in [-0.2, -0.15) is 0 Å². The number of nitrogens with zero attached hydrogens (tertiary/aromatic N) is 2. The zero-order valence-corrected chi connectivity index (χ0v) is 15.3. The summed E-state index contributed by atoms with van der Waals surface area (Å²) in [6.07, 6.45) is 4.33. The van der Waals surface area contributed by atoms with Crippen molar-refractivity contribution in [3.63, 3.8) is 0 Å². The third-order valence-electron chi connectivity index (χ3n) is 4.99. The molecule has 0 unspecified atom stereocenters. The molecule has 2 aromatic heterocycles. The minimum Gasteiger partial charge on any atom is -0.326 e. The number of aromatic nitrogens is 2. The summed E-state index contributed by atoms with van der Waals surface area (Å²) < 4.78 is 0. The number of thiazole rings is 1. The number of pyridine rings is 1. The van der Waals surface area contributed by atoms with Gasteiger partial charge >= 0.3 is 0 Å². The molecule has 1 amide bonds. The molecule has 0 bridgehead atoms. The summed E-state index contributed by atoms with van der Waals surface area (Å²) in [6.45, 7) is 4.10. The lowest BCUT2D eigenvalue weighted by atomic mass is 10.1. The van der Waals surface area contributed by atoms with E-state index in [2.05, 4.69) is 23.3 Å². The molecule has 3 aromatic rings. The van der Waals surface area contributed by atoms with Gasteiger partial charge in [-0.3, -0.25) is 4.79 Å². The standard InChI is InChI=1S/C20H21N3OS/c1-12-9-18(19-13(2)21-11-25-19)23-17-10-15(7-8-16(12)17)22-20(24)14-5-3-4-6-14/h7-11,14H,3-6H2,1-2H3,(H,22,24). The van der Waals surface area contributed by atoms with Crippen molar-refractivity contribution >= 4 is 33.8 Å². The first-order chi connectivity index (χ1) is 12.1. The molecule has 5 heteroatoms. The minimum atomic E-state index is 0.142. The van der Waals surface area contributed by atoms with E-state index in [1.807, 2.05) is 30.6 Å². The molecule has 2 heterocycles. The number of carbonyl (C=O) groups is 1. The second-order valence-corrected chi connectivity index (χ2v) is 7.65. The Balaban J connectivity index is 1.69. The van der Waals surface area contributed by atoms with Crippen LogP contribution >= 0.6 is 11.3 Å². The van der Waals surface area contributed by atoms with Crippen LogP contribution in [-0.2, 0) is 4.79 Å². The molecule has 0 saturated heterocycles. The van der Waals surface area contributed by atoms with E-state index in [0.29, 0.717) is 0 Å². The Morgan fingerprint density at radius 2 is 2.00 bits per heavy atom. The highest BCUT2D eigenvalue weighted by Crippen LogP contribution is 2.31. The Morgan fingerprint density at radius 1 is 1.20 bits per heavy atom. The van der Waals surface area contributed by atoms with Crippen molar-refractivity contribution in [1.29, 1.82) is 0 Å². The van der Waals surface area contributed by atoms with Crippen molar-refractivity contribution in [2.45, 2.75) is 39.5 Å². The van der Waals surface area contributed by atoms with Crippen LogP contribution in [0.25, 0.3) is 21.5 Å². The minimum absolute atomic E-state index is 0.142. The summed E-state index contributed by atoms with van der Waals surface area (Å²) in [5, 5.41) is 4.19. The highest BCUT2D eigenvalue weighted by atomic mass is 32.1. The maximum atomic E-state index is 12.4. The van der Waals surface area contributed by atoms with Crippen molar-refractivity contribution in [2.24, 2.45) is 5.92 Å². The largest absolute Gasteiger partial charge is 0.326 e. The Morgan fingerprint density at radius 3 is 2.72 bits per heavy atom. The summed E-state index contributed by atoms with van der Waals surface area (Å²) in [7, 11) is 0. The average molecular weight is 351 g/mol. The topological polar surface area (TPSA) is 54.9 Å². The first-order valence-electron chi connectivity index (χ1n) is 8.74. The van der Waals surface area contributed by atoms with Crippen molar-refractivity contribution in [1.82, 2.24) is 9.97 Å². The molecule has 0 radical (unpaired) electrons. The van der Waals surface area contributed by atoms with Crippen LogP contribution in [0.15, 0.2) is 29.8 Å². The van der Waals surface area contributed by atoms with Gasteiger partial charge in [-0.05, 0) is 50.5 Å². The molecule has 0 aliphatic heterocycles. The number of amides is 1. The van der Waals surface area contributed by atoms with Crippen LogP contribution in [-0.4, -0.2) is 15.9 Å². The third-order valence-corrected chi connectivity index (χ3v) is 5.94. The van der Waals surface area contributed by atoms with Gasteiger partial charge < -0.3 is 5.32 Å². The molecule has 1 N–H and O–H groups in total. The van der Waals surface area contributed by atoms with Crippen LogP contribution < -0.4 is 5.32 Å². The van der Waals surface area contributed by atoms with E-state index >= 15 is 0 Å². The van der Waals surface area contributed by atoms with Gasteiger partial charge in [-0.15, -0.1) is 11.3 Å². The second-order valence-electron chi connectivity index (χ2n) is 6.79. The van der Waals surface area contributed by atoms with Gasteiger partial charge in [0, 0.05) is 17.0 Å². The summed E-state index contributed by atoms with van der Waals surface area (Å²) in [4.78, 5) is 22.6. The van der Waals surface area contributed by atoms with Crippen LogP contribution in [0.4, 0.5) is 5.69 Å². The number of benzene rings is 1. The smallest absolute Gasteiger partial charge is 0.227 e. The van der Waals surface area contributed by atoms with E-state index < -0.39 is 0 Å². The molecule has 1 aromatic carbocycles. The monoisotopic (exact) mass is 351 g/mol.